The Morgan fingerprint density at radius 3 is 2.59 bits per heavy atom. The molecule has 1 nitrogen and oxygen atoms in total. The summed E-state index contributed by atoms with van der Waals surface area (Å²) < 4.78 is 13.6. The van der Waals surface area contributed by atoms with Gasteiger partial charge >= 0.3 is 0 Å². The molecule has 0 saturated heterocycles. The van der Waals surface area contributed by atoms with Gasteiger partial charge in [0.1, 0.15) is 5.82 Å². The summed E-state index contributed by atoms with van der Waals surface area (Å²) in [7, 11) is 0. The molecule has 0 aromatic heterocycles. The maximum absolute atomic E-state index is 13.6. The molecule has 94 valence electrons. The van der Waals surface area contributed by atoms with Gasteiger partial charge in [-0.15, -0.1) is 0 Å². The first kappa shape index (κ1) is 12.4. The van der Waals surface area contributed by atoms with Crippen molar-refractivity contribution in [1.82, 2.24) is 0 Å². The van der Waals surface area contributed by atoms with Crippen molar-refractivity contribution in [2.45, 2.75) is 39.5 Å². The van der Waals surface area contributed by atoms with Gasteiger partial charge in [-0.2, -0.15) is 0 Å². The van der Waals surface area contributed by atoms with E-state index in [1.807, 2.05) is 19.1 Å². The molecule has 0 heterocycles. The van der Waals surface area contributed by atoms with Crippen molar-refractivity contribution >= 4 is 5.69 Å². The van der Waals surface area contributed by atoms with E-state index < -0.39 is 0 Å². The van der Waals surface area contributed by atoms with Gasteiger partial charge in [-0.25, -0.2) is 4.39 Å². The standard InChI is InChI=1S/C15H22FN/c1-11-3-6-13(7-4-11)10-17-15-8-5-12(2)9-14(15)16/h5,8-9,11,13,17H,3-4,6-7,10H2,1-2H3. The zero-order chi connectivity index (χ0) is 12.3. The fourth-order valence-electron chi connectivity index (χ4n) is 2.55. The molecule has 0 bridgehead atoms. The Morgan fingerprint density at radius 1 is 1.24 bits per heavy atom. The van der Waals surface area contributed by atoms with Crippen LogP contribution in [0.15, 0.2) is 18.2 Å². The second-order valence-corrected chi connectivity index (χ2v) is 5.49. The predicted octanol–water partition coefficient (Wildman–Crippen LogP) is 4.37. The third-order valence-electron chi connectivity index (χ3n) is 3.84. The van der Waals surface area contributed by atoms with Crippen LogP contribution in [-0.2, 0) is 0 Å². The Labute approximate surface area is 103 Å². The van der Waals surface area contributed by atoms with E-state index in [2.05, 4.69) is 12.2 Å². The van der Waals surface area contributed by atoms with Crippen LogP contribution < -0.4 is 5.32 Å². The van der Waals surface area contributed by atoms with Crippen LogP contribution in [0.4, 0.5) is 10.1 Å². The number of hydrogen-bond donors (Lipinski definition) is 1. The van der Waals surface area contributed by atoms with E-state index in [1.165, 1.54) is 25.7 Å². The Morgan fingerprint density at radius 2 is 1.94 bits per heavy atom. The fraction of sp³-hybridized carbons (Fsp3) is 0.600. The van der Waals surface area contributed by atoms with Crippen LogP contribution in [0.25, 0.3) is 0 Å². The molecule has 0 unspecified atom stereocenters. The number of benzene rings is 1. The average Bonchev–Trinajstić information content (AvgIpc) is 2.30. The van der Waals surface area contributed by atoms with Crippen molar-refractivity contribution in [3.63, 3.8) is 0 Å². The first-order valence-corrected chi connectivity index (χ1v) is 6.65. The summed E-state index contributed by atoms with van der Waals surface area (Å²) >= 11 is 0. The molecule has 0 amide bonds. The highest BCUT2D eigenvalue weighted by Crippen LogP contribution is 2.28. The van der Waals surface area contributed by atoms with Crippen molar-refractivity contribution in [3.05, 3.63) is 29.6 Å². The van der Waals surface area contributed by atoms with Crippen LogP contribution in [0.3, 0.4) is 0 Å². The maximum Gasteiger partial charge on any atom is 0.146 e. The van der Waals surface area contributed by atoms with Crippen molar-refractivity contribution in [2.24, 2.45) is 11.8 Å². The summed E-state index contributed by atoms with van der Waals surface area (Å²) in [5.74, 6) is 1.46. The molecule has 0 radical (unpaired) electrons. The molecule has 1 saturated carbocycles. The monoisotopic (exact) mass is 235 g/mol. The smallest absolute Gasteiger partial charge is 0.146 e. The van der Waals surface area contributed by atoms with E-state index >= 15 is 0 Å². The van der Waals surface area contributed by atoms with E-state index in [9.17, 15) is 4.39 Å². The quantitative estimate of drug-likeness (QED) is 0.820. The van der Waals surface area contributed by atoms with Gasteiger partial charge in [-0.05, 0) is 49.3 Å². The summed E-state index contributed by atoms with van der Waals surface area (Å²) in [5, 5.41) is 3.25. The Kier molecular flexibility index (Phi) is 4.03. The molecule has 1 N–H and O–H groups in total. The number of rotatable bonds is 3. The highest BCUT2D eigenvalue weighted by molar-refractivity contribution is 5.46. The molecule has 0 spiro atoms. The Hall–Kier alpha value is -1.05. The zero-order valence-electron chi connectivity index (χ0n) is 10.8. The molecule has 1 aromatic rings. The van der Waals surface area contributed by atoms with Crippen LogP contribution in [-0.4, -0.2) is 6.54 Å². The predicted molar refractivity (Wildman–Crippen MR) is 70.7 cm³/mol. The third kappa shape index (κ3) is 3.45. The normalized spacial score (nSPS) is 24.6. The van der Waals surface area contributed by atoms with E-state index in [0.717, 1.165) is 18.0 Å². The van der Waals surface area contributed by atoms with Crippen molar-refractivity contribution < 1.29 is 4.39 Å². The molecule has 2 rings (SSSR count). The first-order valence-electron chi connectivity index (χ1n) is 6.65. The lowest BCUT2D eigenvalue weighted by atomic mass is 9.83. The van der Waals surface area contributed by atoms with Crippen molar-refractivity contribution in [3.8, 4) is 0 Å². The van der Waals surface area contributed by atoms with Crippen molar-refractivity contribution in [1.29, 1.82) is 0 Å². The van der Waals surface area contributed by atoms with E-state index in [1.54, 1.807) is 6.07 Å². The molecule has 0 atom stereocenters. The Balaban J connectivity index is 1.85. The minimum Gasteiger partial charge on any atom is -0.382 e. The SMILES string of the molecule is Cc1ccc(NCC2CCC(C)CC2)c(F)c1. The number of nitrogens with one attached hydrogen (secondary N) is 1. The summed E-state index contributed by atoms with van der Waals surface area (Å²) in [6.07, 6.45) is 5.20. The van der Waals surface area contributed by atoms with E-state index in [-0.39, 0.29) is 5.82 Å². The minimum absolute atomic E-state index is 0.130. The van der Waals surface area contributed by atoms with Crippen LogP contribution in [0, 0.1) is 24.6 Å². The number of aryl methyl sites for hydroxylation is 1. The highest BCUT2D eigenvalue weighted by Gasteiger charge is 2.18. The second-order valence-electron chi connectivity index (χ2n) is 5.49. The zero-order valence-corrected chi connectivity index (χ0v) is 10.8. The van der Waals surface area contributed by atoms with Gasteiger partial charge < -0.3 is 5.32 Å². The molecular weight excluding hydrogens is 213 g/mol. The lowest BCUT2D eigenvalue weighted by Crippen LogP contribution is -2.20. The van der Waals surface area contributed by atoms with E-state index in [4.69, 9.17) is 0 Å². The average molecular weight is 235 g/mol. The second kappa shape index (κ2) is 5.52. The topological polar surface area (TPSA) is 12.0 Å². The lowest BCUT2D eigenvalue weighted by Gasteiger charge is -2.26. The molecule has 1 aromatic carbocycles. The minimum atomic E-state index is -0.130. The van der Waals surface area contributed by atoms with Crippen LogP contribution in [0.2, 0.25) is 0 Å². The fourth-order valence-corrected chi connectivity index (χ4v) is 2.55. The van der Waals surface area contributed by atoms with Gasteiger partial charge in [0, 0.05) is 6.54 Å². The van der Waals surface area contributed by atoms with Crippen LogP contribution in [0.5, 0.6) is 0 Å². The molecule has 1 fully saturated rings. The van der Waals surface area contributed by atoms with Crippen LogP contribution >= 0.6 is 0 Å². The third-order valence-corrected chi connectivity index (χ3v) is 3.84. The largest absolute Gasteiger partial charge is 0.382 e. The van der Waals surface area contributed by atoms with Gasteiger partial charge in [-0.1, -0.05) is 25.8 Å². The summed E-state index contributed by atoms with van der Waals surface area (Å²) in [6.45, 7) is 5.14. The summed E-state index contributed by atoms with van der Waals surface area (Å²) in [6, 6.07) is 5.38. The van der Waals surface area contributed by atoms with Crippen molar-refractivity contribution in [2.75, 3.05) is 11.9 Å². The molecule has 0 aliphatic heterocycles. The molecular formula is C15H22FN. The number of anilines is 1. The number of hydrogen-bond acceptors (Lipinski definition) is 1. The molecule has 17 heavy (non-hydrogen) atoms. The van der Waals surface area contributed by atoms with Gasteiger partial charge in [0.05, 0.1) is 5.69 Å². The maximum atomic E-state index is 13.6. The summed E-state index contributed by atoms with van der Waals surface area (Å²) in [4.78, 5) is 0. The van der Waals surface area contributed by atoms with Crippen LogP contribution in [0.1, 0.15) is 38.2 Å². The first-order chi connectivity index (χ1) is 8.15. The molecule has 1 aliphatic rings. The highest BCUT2D eigenvalue weighted by atomic mass is 19.1. The molecule has 2 heteroatoms. The van der Waals surface area contributed by atoms with Gasteiger partial charge in [0.15, 0.2) is 0 Å². The number of halogens is 1. The molecule has 1 aliphatic carbocycles. The lowest BCUT2D eigenvalue weighted by molar-refractivity contribution is 0.300. The van der Waals surface area contributed by atoms with Gasteiger partial charge in [0.25, 0.3) is 0 Å². The van der Waals surface area contributed by atoms with Gasteiger partial charge in [0.2, 0.25) is 0 Å². The van der Waals surface area contributed by atoms with Gasteiger partial charge in [-0.3, -0.25) is 0 Å². The summed E-state index contributed by atoms with van der Waals surface area (Å²) in [5.41, 5.74) is 1.62. The van der Waals surface area contributed by atoms with E-state index in [0.29, 0.717) is 11.6 Å². The Bertz CT molecular complexity index is 367.